The maximum absolute atomic E-state index is 12.7. The average Bonchev–Trinajstić information content (AvgIpc) is 3.40. The van der Waals surface area contributed by atoms with Crippen LogP contribution in [-0.4, -0.2) is 63.1 Å². The quantitative estimate of drug-likeness (QED) is 0.539. The summed E-state index contributed by atoms with van der Waals surface area (Å²) in [4.78, 5) is 33.3. The second-order valence-corrected chi connectivity index (χ2v) is 8.50. The maximum atomic E-state index is 12.7. The highest BCUT2D eigenvalue weighted by Gasteiger charge is 2.26. The van der Waals surface area contributed by atoms with E-state index in [2.05, 4.69) is 16.5 Å². The van der Waals surface area contributed by atoms with Gasteiger partial charge >= 0.3 is 0 Å². The van der Waals surface area contributed by atoms with Gasteiger partial charge in [0, 0.05) is 37.7 Å². The van der Waals surface area contributed by atoms with E-state index in [0.717, 1.165) is 29.2 Å². The standard InChI is InChI=1S/C21H23ClN4O3S/c1-2-7-26-17-6-5-15(22)13-16(17)23-21(26)30-14-19(27)24-8-10-25(11-9-24)20(28)18-4-3-12-29-18/h3-6,12-13H,2,7-11,14H2,1H3. The highest BCUT2D eigenvalue weighted by molar-refractivity contribution is 7.99. The number of aromatic nitrogens is 2. The Labute approximate surface area is 184 Å². The van der Waals surface area contributed by atoms with E-state index in [9.17, 15) is 9.59 Å². The van der Waals surface area contributed by atoms with E-state index in [1.807, 2.05) is 23.1 Å². The number of carbonyl (C=O) groups is 2. The van der Waals surface area contributed by atoms with Crippen LogP contribution in [0, 0.1) is 0 Å². The summed E-state index contributed by atoms with van der Waals surface area (Å²) in [6.07, 6.45) is 2.46. The number of hydrogen-bond donors (Lipinski definition) is 0. The van der Waals surface area contributed by atoms with Gasteiger partial charge in [-0.15, -0.1) is 0 Å². The molecule has 1 aromatic carbocycles. The number of amides is 2. The summed E-state index contributed by atoms with van der Waals surface area (Å²) in [5.74, 6) is 0.569. The number of imidazole rings is 1. The summed E-state index contributed by atoms with van der Waals surface area (Å²) in [7, 11) is 0. The third-order valence-corrected chi connectivity index (χ3v) is 6.30. The molecule has 2 aromatic heterocycles. The van der Waals surface area contributed by atoms with Gasteiger partial charge < -0.3 is 18.8 Å². The van der Waals surface area contributed by atoms with Crippen molar-refractivity contribution in [3.63, 3.8) is 0 Å². The zero-order chi connectivity index (χ0) is 21.1. The number of halogens is 1. The number of benzene rings is 1. The second-order valence-electron chi connectivity index (χ2n) is 7.12. The van der Waals surface area contributed by atoms with Crippen molar-refractivity contribution in [2.24, 2.45) is 0 Å². The van der Waals surface area contributed by atoms with Gasteiger partial charge in [-0.05, 0) is 36.8 Å². The smallest absolute Gasteiger partial charge is 0.289 e. The molecule has 158 valence electrons. The van der Waals surface area contributed by atoms with Gasteiger partial charge in [0.15, 0.2) is 10.9 Å². The molecule has 9 heteroatoms. The Morgan fingerprint density at radius 1 is 1.17 bits per heavy atom. The van der Waals surface area contributed by atoms with Crippen molar-refractivity contribution in [2.45, 2.75) is 25.0 Å². The molecule has 7 nitrogen and oxygen atoms in total. The van der Waals surface area contributed by atoms with Crippen LogP contribution in [0.1, 0.15) is 23.9 Å². The fraction of sp³-hybridized carbons (Fsp3) is 0.381. The van der Waals surface area contributed by atoms with Gasteiger partial charge in [-0.25, -0.2) is 4.98 Å². The van der Waals surface area contributed by atoms with Gasteiger partial charge in [0.25, 0.3) is 5.91 Å². The van der Waals surface area contributed by atoms with Crippen molar-refractivity contribution in [2.75, 3.05) is 31.9 Å². The minimum absolute atomic E-state index is 0.0539. The first-order chi connectivity index (χ1) is 14.6. The number of carbonyl (C=O) groups excluding carboxylic acids is 2. The summed E-state index contributed by atoms with van der Waals surface area (Å²) in [5, 5.41) is 1.48. The average molecular weight is 447 g/mol. The molecule has 1 fully saturated rings. The zero-order valence-corrected chi connectivity index (χ0v) is 18.3. The summed E-state index contributed by atoms with van der Waals surface area (Å²) in [6, 6.07) is 9.04. The second kappa shape index (κ2) is 9.14. The first-order valence-corrected chi connectivity index (χ1v) is 11.3. The number of thioether (sulfide) groups is 1. The topological polar surface area (TPSA) is 71.6 Å². The maximum Gasteiger partial charge on any atom is 0.289 e. The lowest BCUT2D eigenvalue weighted by Crippen LogP contribution is -2.51. The predicted octanol–water partition coefficient (Wildman–Crippen LogP) is 3.77. The van der Waals surface area contributed by atoms with E-state index < -0.39 is 0 Å². The Hall–Kier alpha value is -2.45. The van der Waals surface area contributed by atoms with Crippen LogP contribution in [0.4, 0.5) is 0 Å². The van der Waals surface area contributed by atoms with E-state index in [0.29, 0.717) is 42.7 Å². The van der Waals surface area contributed by atoms with Crippen LogP contribution < -0.4 is 0 Å². The van der Waals surface area contributed by atoms with E-state index >= 15 is 0 Å². The Kier molecular flexibility index (Phi) is 6.34. The van der Waals surface area contributed by atoms with Gasteiger partial charge in [0.1, 0.15) is 0 Å². The molecule has 0 radical (unpaired) electrons. The zero-order valence-electron chi connectivity index (χ0n) is 16.7. The monoisotopic (exact) mass is 446 g/mol. The molecule has 4 rings (SSSR count). The third-order valence-electron chi connectivity index (χ3n) is 5.10. The fourth-order valence-electron chi connectivity index (χ4n) is 3.56. The molecule has 3 aromatic rings. The molecule has 2 amide bonds. The first kappa shape index (κ1) is 20.8. The molecule has 0 saturated carbocycles. The van der Waals surface area contributed by atoms with Crippen LogP contribution >= 0.6 is 23.4 Å². The van der Waals surface area contributed by atoms with Crippen molar-refractivity contribution >= 4 is 46.2 Å². The van der Waals surface area contributed by atoms with E-state index in [1.165, 1.54) is 18.0 Å². The highest BCUT2D eigenvalue weighted by Crippen LogP contribution is 2.27. The lowest BCUT2D eigenvalue weighted by atomic mass is 10.3. The van der Waals surface area contributed by atoms with Crippen molar-refractivity contribution in [3.05, 3.63) is 47.4 Å². The van der Waals surface area contributed by atoms with Crippen molar-refractivity contribution in [1.29, 1.82) is 0 Å². The van der Waals surface area contributed by atoms with Gasteiger partial charge in [0.2, 0.25) is 5.91 Å². The fourth-order valence-corrected chi connectivity index (χ4v) is 4.67. The Morgan fingerprint density at radius 2 is 1.93 bits per heavy atom. The Balaban J connectivity index is 1.36. The number of rotatable bonds is 6. The molecule has 1 aliphatic heterocycles. The van der Waals surface area contributed by atoms with Crippen LogP contribution in [0.2, 0.25) is 5.02 Å². The number of fused-ring (bicyclic) bond motifs is 1. The van der Waals surface area contributed by atoms with Crippen LogP contribution in [0.3, 0.4) is 0 Å². The van der Waals surface area contributed by atoms with Crippen LogP contribution in [0.25, 0.3) is 11.0 Å². The molecule has 1 saturated heterocycles. The lowest BCUT2D eigenvalue weighted by molar-refractivity contribution is -0.129. The van der Waals surface area contributed by atoms with Gasteiger partial charge in [-0.3, -0.25) is 9.59 Å². The van der Waals surface area contributed by atoms with Gasteiger partial charge in [-0.2, -0.15) is 0 Å². The minimum atomic E-state index is -0.131. The minimum Gasteiger partial charge on any atom is -0.459 e. The molecular weight excluding hydrogens is 424 g/mol. The number of aryl methyl sites for hydroxylation is 1. The molecule has 1 aliphatic rings. The van der Waals surface area contributed by atoms with E-state index in [1.54, 1.807) is 17.0 Å². The summed E-state index contributed by atoms with van der Waals surface area (Å²) in [6.45, 7) is 5.00. The molecule has 0 atom stereocenters. The summed E-state index contributed by atoms with van der Waals surface area (Å²) in [5.41, 5.74) is 1.87. The number of hydrogen-bond acceptors (Lipinski definition) is 5. The molecule has 3 heterocycles. The predicted molar refractivity (Wildman–Crippen MR) is 117 cm³/mol. The van der Waals surface area contributed by atoms with Crippen LogP contribution in [-0.2, 0) is 11.3 Å². The summed E-state index contributed by atoms with van der Waals surface area (Å²) >= 11 is 7.55. The van der Waals surface area contributed by atoms with Crippen molar-refractivity contribution in [1.82, 2.24) is 19.4 Å². The third kappa shape index (κ3) is 4.34. The van der Waals surface area contributed by atoms with E-state index in [-0.39, 0.29) is 11.8 Å². The largest absolute Gasteiger partial charge is 0.459 e. The summed E-state index contributed by atoms with van der Waals surface area (Å²) < 4.78 is 7.32. The van der Waals surface area contributed by atoms with E-state index in [4.69, 9.17) is 16.0 Å². The Bertz CT molecular complexity index is 1040. The van der Waals surface area contributed by atoms with Crippen LogP contribution in [0.5, 0.6) is 0 Å². The first-order valence-electron chi connectivity index (χ1n) is 9.96. The normalized spacial score (nSPS) is 14.5. The molecule has 0 unspecified atom stereocenters. The molecule has 0 bridgehead atoms. The lowest BCUT2D eigenvalue weighted by Gasteiger charge is -2.34. The van der Waals surface area contributed by atoms with Crippen LogP contribution in [0.15, 0.2) is 46.2 Å². The number of furan rings is 1. The Morgan fingerprint density at radius 3 is 2.63 bits per heavy atom. The van der Waals surface area contributed by atoms with Crippen molar-refractivity contribution in [3.8, 4) is 0 Å². The van der Waals surface area contributed by atoms with Crippen molar-refractivity contribution < 1.29 is 14.0 Å². The number of piperazine rings is 1. The van der Waals surface area contributed by atoms with Gasteiger partial charge in [-0.1, -0.05) is 30.3 Å². The molecule has 0 N–H and O–H groups in total. The SMILES string of the molecule is CCCn1c(SCC(=O)N2CCN(C(=O)c3ccco3)CC2)nc2cc(Cl)ccc21. The highest BCUT2D eigenvalue weighted by atomic mass is 35.5. The molecule has 0 spiro atoms. The number of nitrogens with zero attached hydrogens (tertiary/aromatic N) is 4. The van der Waals surface area contributed by atoms with Gasteiger partial charge in [0.05, 0.1) is 23.0 Å². The molecule has 30 heavy (non-hydrogen) atoms. The molecular formula is C21H23ClN4O3S. The molecule has 0 aliphatic carbocycles.